The summed E-state index contributed by atoms with van der Waals surface area (Å²) < 4.78 is 14.4. The van der Waals surface area contributed by atoms with E-state index in [0.29, 0.717) is 10.7 Å². The second-order valence-corrected chi connectivity index (χ2v) is 5.74. The molecule has 0 aromatic heterocycles. The Hall–Kier alpha value is -0.850. The van der Waals surface area contributed by atoms with E-state index in [0.717, 1.165) is 9.64 Å². The zero-order valence-corrected chi connectivity index (χ0v) is 13.1. The van der Waals surface area contributed by atoms with E-state index in [2.05, 4.69) is 5.32 Å². The summed E-state index contributed by atoms with van der Waals surface area (Å²) in [4.78, 5) is 12.0. The van der Waals surface area contributed by atoms with Crippen LogP contribution in [0.5, 0.6) is 0 Å². The van der Waals surface area contributed by atoms with Gasteiger partial charge < -0.3 is 5.32 Å². The van der Waals surface area contributed by atoms with Crippen molar-refractivity contribution in [2.75, 3.05) is 5.32 Å². The van der Waals surface area contributed by atoms with E-state index in [1.807, 2.05) is 22.6 Å². The van der Waals surface area contributed by atoms with Crippen molar-refractivity contribution in [3.05, 3.63) is 61.4 Å². The molecule has 2 aromatic carbocycles. The lowest BCUT2D eigenvalue weighted by Crippen LogP contribution is -2.14. The molecule has 0 spiro atoms. The monoisotopic (exact) mass is 409 g/mol. The van der Waals surface area contributed by atoms with Gasteiger partial charge in [0.05, 0.1) is 11.3 Å². The number of halogens is 4. The summed E-state index contributed by atoms with van der Waals surface area (Å²) in [5.41, 5.74) is 0.513. The number of benzene rings is 2. The predicted octanol–water partition coefficient (Wildman–Crippen LogP) is 4.99. The first-order valence-corrected chi connectivity index (χ1v) is 7.02. The zero-order chi connectivity index (χ0) is 14.0. The summed E-state index contributed by atoms with van der Waals surface area (Å²) in [6.07, 6.45) is 0. The largest absolute Gasteiger partial charge is 0.321 e. The molecule has 2 nitrogen and oxygen atoms in total. The van der Waals surface area contributed by atoms with Gasteiger partial charge in [-0.3, -0.25) is 4.79 Å². The van der Waals surface area contributed by atoms with Crippen LogP contribution in [0.25, 0.3) is 0 Å². The van der Waals surface area contributed by atoms with Gasteiger partial charge in [0.15, 0.2) is 0 Å². The highest BCUT2D eigenvalue weighted by Gasteiger charge is 2.13. The molecule has 0 radical (unpaired) electrons. The highest BCUT2D eigenvalue weighted by molar-refractivity contribution is 14.1. The van der Waals surface area contributed by atoms with E-state index in [4.69, 9.17) is 23.2 Å². The number of carbonyl (C=O) groups is 1. The smallest absolute Gasteiger partial charge is 0.258 e. The molecule has 6 heteroatoms. The molecule has 0 aliphatic rings. The van der Waals surface area contributed by atoms with Crippen molar-refractivity contribution in [1.82, 2.24) is 0 Å². The van der Waals surface area contributed by atoms with Gasteiger partial charge in [0.2, 0.25) is 0 Å². The highest BCUT2D eigenvalue weighted by atomic mass is 127. The molecule has 0 aliphatic carbocycles. The van der Waals surface area contributed by atoms with Gasteiger partial charge in [-0.2, -0.15) is 0 Å². The van der Waals surface area contributed by atoms with Crippen LogP contribution in [0, 0.1) is 9.39 Å². The first-order valence-electron chi connectivity index (χ1n) is 5.19. The fourth-order valence-electron chi connectivity index (χ4n) is 1.45. The Kier molecular flexibility index (Phi) is 4.65. The van der Waals surface area contributed by atoms with Crippen LogP contribution in [0.4, 0.5) is 10.1 Å². The molecule has 0 bridgehead atoms. The average Bonchev–Trinajstić information content (AvgIpc) is 2.32. The van der Waals surface area contributed by atoms with Crippen molar-refractivity contribution >= 4 is 57.4 Å². The molecular formula is C13H7Cl2FINO. The van der Waals surface area contributed by atoms with Crippen molar-refractivity contribution in [2.45, 2.75) is 0 Å². The second-order valence-electron chi connectivity index (χ2n) is 3.70. The van der Waals surface area contributed by atoms with Crippen LogP contribution in [0.15, 0.2) is 36.4 Å². The Bertz CT molecular complexity index is 649. The molecule has 2 aromatic rings. The van der Waals surface area contributed by atoms with Crippen LogP contribution in [-0.4, -0.2) is 5.91 Å². The first-order chi connectivity index (χ1) is 8.97. The topological polar surface area (TPSA) is 29.1 Å². The Balaban J connectivity index is 2.25. The first kappa shape index (κ1) is 14.6. The Morgan fingerprint density at radius 3 is 2.37 bits per heavy atom. The van der Waals surface area contributed by atoms with Gasteiger partial charge >= 0.3 is 0 Å². The molecule has 1 amide bonds. The maximum absolute atomic E-state index is 13.6. The van der Waals surface area contributed by atoms with E-state index in [-0.39, 0.29) is 10.6 Å². The molecule has 0 aliphatic heterocycles. The SMILES string of the molecule is O=C(Nc1ccc(Cl)cc1I)c1ccc(Cl)cc1F. The number of amides is 1. The summed E-state index contributed by atoms with van der Waals surface area (Å²) >= 11 is 13.5. The summed E-state index contributed by atoms with van der Waals surface area (Å²) in [6.45, 7) is 0. The van der Waals surface area contributed by atoms with Crippen LogP contribution in [0.2, 0.25) is 10.0 Å². The van der Waals surface area contributed by atoms with Gasteiger partial charge in [0.1, 0.15) is 5.82 Å². The molecule has 0 saturated carbocycles. The number of nitrogens with one attached hydrogen (secondary N) is 1. The highest BCUT2D eigenvalue weighted by Crippen LogP contribution is 2.23. The normalized spacial score (nSPS) is 10.3. The summed E-state index contributed by atoms with van der Waals surface area (Å²) in [6, 6.07) is 8.93. The third-order valence-electron chi connectivity index (χ3n) is 2.36. The van der Waals surface area contributed by atoms with E-state index in [1.165, 1.54) is 12.1 Å². The van der Waals surface area contributed by atoms with Crippen molar-refractivity contribution in [3.8, 4) is 0 Å². The van der Waals surface area contributed by atoms with Gasteiger partial charge in [-0.25, -0.2) is 4.39 Å². The third kappa shape index (κ3) is 3.58. The Labute approximate surface area is 133 Å². The predicted molar refractivity (Wildman–Crippen MR) is 83.5 cm³/mol. The lowest BCUT2D eigenvalue weighted by molar-refractivity contribution is 0.102. The van der Waals surface area contributed by atoms with Gasteiger partial charge in [-0.15, -0.1) is 0 Å². The number of hydrogen-bond donors (Lipinski definition) is 1. The van der Waals surface area contributed by atoms with Crippen LogP contribution in [0.1, 0.15) is 10.4 Å². The van der Waals surface area contributed by atoms with Crippen LogP contribution < -0.4 is 5.32 Å². The van der Waals surface area contributed by atoms with Crippen LogP contribution in [0.3, 0.4) is 0 Å². The summed E-state index contributed by atoms with van der Waals surface area (Å²) in [7, 11) is 0. The molecule has 0 fully saturated rings. The quantitative estimate of drug-likeness (QED) is 0.695. The minimum absolute atomic E-state index is 0.0600. The average molecular weight is 410 g/mol. The Morgan fingerprint density at radius 2 is 1.74 bits per heavy atom. The van der Waals surface area contributed by atoms with E-state index < -0.39 is 11.7 Å². The van der Waals surface area contributed by atoms with Gasteiger partial charge in [0.25, 0.3) is 5.91 Å². The molecular weight excluding hydrogens is 403 g/mol. The summed E-state index contributed by atoms with van der Waals surface area (Å²) in [5, 5.41) is 3.44. The van der Waals surface area contributed by atoms with Gasteiger partial charge in [0, 0.05) is 13.6 Å². The number of hydrogen-bond acceptors (Lipinski definition) is 1. The molecule has 0 saturated heterocycles. The molecule has 19 heavy (non-hydrogen) atoms. The minimum Gasteiger partial charge on any atom is -0.321 e. The Morgan fingerprint density at radius 1 is 1.11 bits per heavy atom. The maximum Gasteiger partial charge on any atom is 0.258 e. The zero-order valence-electron chi connectivity index (χ0n) is 9.38. The molecule has 0 unspecified atom stereocenters. The third-order valence-corrected chi connectivity index (χ3v) is 3.72. The molecule has 98 valence electrons. The van der Waals surface area contributed by atoms with Gasteiger partial charge in [-0.1, -0.05) is 23.2 Å². The van der Waals surface area contributed by atoms with Crippen molar-refractivity contribution in [1.29, 1.82) is 0 Å². The van der Waals surface area contributed by atoms with Crippen LogP contribution >= 0.6 is 45.8 Å². The van der Waals surface area contributed by atoms with Crippen molar-refractivity contribution < 1.29 is 9.18 Å². The number of rotatable bonds is 2. The molecule has 1 N–H and O–H groups in total. The molecule has 0 heterocycles. The van der Waals surface area contributed by atoms with Crippen molar-refractivity contribution in [2.24, 2.45) is 0 Å². The maximum atomic E-state index is 13.6. The molecule has 2 rings (SSSR count). The van der Waals surface area contributed by atoms with Crippen molar-refractivity contribution in [3.63, 3.8) is 0 Å². The van der Waals surface area contributed by atoms with E-state index in [9.17, 15) is 9.18 Å². The van der Waals surface area contributed by atoms with E-state index >= 15 is 0 Å². The number of anilines is 1. The lowest BCUT2D eigenvalue weighted by Gasteiger charge is -2.08. The van der Waals surface area contributed by atoms with Gasteiger partial charge in [-0.05, 0) is 59.0 Å². The minimum atomic E-state index is -0.658. The number of carbonyl (C=O) groups excluding carboxylic acids is 1. The summed E-state index contributed by atoms with van der Waals surface area (Å²) in [5.74, 6) is -1.19. The second kappa shape index (κ2) is 6.07. The van der Waals surface area contributed by atoms with Crippen LogP contribution in [-0.2, 0) is 0 Å². The fourth-order valence-corrected chi connectivity index (χ4v) is 2.62. The lowest BCUT2D eigenvalue weighted by atomic mass is 10.2. The van der Waals surface area contributed by atoms with E-state index in [1.54, 1.807) is 18.2 Å². The molecule has 0 atom stereocenters. The fraction of sp³-hybridized carbons (Fsp3) is 0. The standard InChI is InChI=1S/C13H7Cl2FINO/c14-7-1-3-9(10(16)5-7)13(19)18-12-4-2-8(15)6-11(12)17/h1-6H,(H,18,19).